The Hall–Kier alpha value is -1.96. The minimum absolute atomic E-state index is 0.458. The molecule has 0 saturated carbocycles. The second-order valence-corrected chi connectivity index (χ2v) is 8.56. The number of methoxy groups -OCH3 is 1. The van der Waals surface area contributed by atoms with E-state index in [9.17, 15) is 0 Å². The molecule has 1 aromatic carbocycles. The summed E-state index contributed by atoms with van der Waals surface area (Å²) in [6.07, 6.45) is 3.13. The van der Waals surface area contributed by atoms with Gasteiger partial charge in [0.1, 0.15) is 10.7 Å². The summed E-state index contributed by atoms with van der Waals surface area (Å²) in [6, 6.07) is 8.72. The first kappa shape index (κ1) is 19.4. The Morgan fingerprint density at radius 3 is 2.96 bits per heavy atom. The monoisotopic (exact) mass is 399 g/mol. The molecule has 2 aliphatic rings. The van der Waals surface area contributed by atoms with Gasteiger partial charge in [-0.3, -0.25) is 4.90 Å². The Labute approximate surface area is 171 Å². The molecule has 1 unspecified atom stereocenters. The van der Waals surface area contributed by atoms with Gasteiger partial charge in [-0.15, -0.1) is 11.3 Å². The molecule has 0 spiro atoms. The minimum Gasteiger partial charge on any atom is -0.385 e. The summed E-state index contributed by atoms with van der Waals surface area (Å²) in [4.78, 5) is 14.9. The summed E-state index contributed by atoms with van der Waals surface area (Å²) in [5, 5.41) is 5.88. The van der Waals surface area contributed by atoms with Gasteiger partial charge in [-0.2, -0.15) is 0 Å². The molecule has 0 bridgehead atoms. The van der Waals surface area contributed by atoms with Gasteiger partial charge in [0.2, 0.25) is 0 Å². The van der Waals surface area contributed by atoms with Gasteiger partial charge < -0.3 is 15.0 Å². The summed E-state index contributed by atoms with van der Waals surface area (Å²) < 4.78 is 5.33. The number of nitrogens with zero attached hydrogens (tertiary/aromatic N) is 4. The number of aromatic nitrogens is 1. The Morgan fingerprint density at radius 2 is 2.14 bits per heavy atom. The van der Waals surface area contributed by atoms with Gasteiger partial charge in [0.25, 0.3) is 0 Å². The summed E-state index contributed by atoms with van der Waals surface area (Å²) in [6.45, 7) is 5.90. The number of para-hydroxylation sites is 2. The number of anilines is 2. The van der Waals surface area contributed by atoms with Crippen molar-refractivity contribution in [1.82, 2.24) is 14.8 Å². The third-order valence-corrected chi connectivity index (χ3v) is 6.49. The van der Waals surface area contributed by atoms with Crippen molar-refractivity contribution in [2.45, 2.75) is 32.2 Å². The van der Waals surface area contributed by atoms with Crippen LogP contribution < -0.4 is 5.32 Å². The van der Waals surface area contributed by atoms with E-state index >= 15 is 0 Å². The number of ether oxygens (including phenoxy) is 1. The summed E-state index contributed by atoms with van der Waals surface area (Å²) in [7, 11) is 3.98. The number of rotatable bonds is 5. The second-order valence-electron chi connectivity index (χ2n) is 7.47. The Balaban J connectivity index is 1.70. The number of nitrogens with one attached hydrogen (secondary N) is 1. The fourth-order valence-electron chi connectivity index (χ4n) is 3.81. The van der Waals surface area contributed by atoms with Crippen molar-refractivity contribution in [2.75, 3.05) is 45.7 Å². The van der Waals surface area contributed by atoms with Crippen LogP contribution in [-0.4, -0.2) is 67.1 Å². The molecule has 2 aromatic rings. The summed E-state index contributed by atoms with van der Waals surface area (Å²) >= 11 is 1.76. The Morgan fingerprint density at radius 1 is 1.29 bits per heavy atom. The van der Waals surface area contributed by atoms with Gasteiger partial charge in [0, 0.05) is 39.4 Å². The maximum Gasteiger partial charge on any atom is 0.158 e. The number of hydrogen-bond acceptors (Lipinski definition) is 7. The van der Waals surface area contributed by atoms with Crippen molar-refractivity contribution >= 4 is 33.5 Å². The molecule has 4 rings (SSSR count). The van der Waals surface area contributed by atoms with Crippen LogP contribution in [0, 0.1) is 0 Å². The van der Waals surface area contributed by atoms with E-state index in [-0.39, 0.29) is 0 Å². The summed E-state index contributed by atoms with van der Waals surface area (Å²) in [5.74, 6) is 1.00. The van der Waals surface area contributed by atoms with Crippen molar-refractivity contribution in [2.24, 2.45) is 4.99 Å². The molecule has 1 aromatic heterocycles. The van der Waals surface area contributed by atoms with Gasteiger partial charge in [0.05, 0.1) is 16.4 Å². The number of likely N-dealkylation sites (N-methyl/N-ethyl adjacent to an activating group) is 1. The van der Waals surface area contributed by atoms with E-state index < -0.39 is 0 Å². The molecular weight excluding hydrogens is 370 g/mol. The molecule has 7 heteroatoms. The maximum atomic E-state index is 5.33. The lowest BCUT2D eigenvalue weighted by atomic mass is 10.1. The number of thiazole rings is 1. The fourth-order valence-corrected chi connectivity index (χ4v) is 4.89. The number of aryl methyl sites for hydroxylation is 1. The first-order valence-corrected chi connectivity index (χ1v) is 10.9. The van der Waals surface area contributed by atoms with E-state index in [4.69, 9.17) is 14.7 Å². The van der Waals surface area contributed by atoms with Crippen LogP contribution in [0.25, 0.3) is 0 Å². The van der Waals surface area contributed by atoms with Gasteiger partial charge >= 0.3 is 0 Å². The average molecular weight is 400 g/mol. The van der Waals surface area contributed by atoms with Crippen molar-refractivity contribution in [3.05, 3.63) is 35.0 Å². The number of benzene rings is 1. The van der Waals surface area contributed by atoms with E-state index in [0.717, 1.165) is 73.4 Å². The quantitative estimate of drug-likeness (QED) is 0.827. The zero-order valence-electron chi connectivity index (χ0n) is 16.9. The second kappa shape index (κ2) is 8.59. The molecule has 1 fully saturated rings. The highest BCUT2D eigenvalue weighted by Crippen LogP contribution is 2.38. The van der Waals surface area contributed by atoms with E-state index in [1.807, 2.05) is 6.07 Å². The van der Waals surface area contributed by atoms with E-state index in [1.165, 1.54) is 5.01 Å². The third-order valence-electron chi connectivity index (χ3n) is 5.46. The first-order valence-electron chi connectivity index (χ1n) is 10.1. The van der Waals surface area contributed by atoms with Crippen LogP contribution in [0.1, 0.15) is 30.5 Å². The maximum absolute atomic E-state index is 5.33. The molecule has 1 N–H and O–H groups in total. The number of amidine groups is 1. The summed E-state index contributed by atoms with van der Waals surface area (Å²) in [5.41, 5.74) is 3.03. The average Bonchev–Trinajstić information content (AvgIpc) is 3.02. The van der Waals surface area contributed by atoms with Crippen molar-refractivity contribution < 1.29 is 4.74 Å². The van der Waals surface area contributed by atoms with Gasteiger partial charge in [-0.05, 0) is 38.4 Å². The molecule has 6 nitrogen and oxygen atoms in total. The number of piperazine rings is 1. The lowest BCUT2D eigenvalue weighted by Crippen LogP contribution is -2.53. The molecule has 1 atom stereocenters. The molecule has 28 heavy (non-hydrogen) atoms. The Bertz CT molecular complexity index is 849. The molecular formula is C21H29N5OS. The van der Waals surface area contributed by atoms with Crippen LogP contribution >= 0.6 is 11.3 Å². The zero-order valence-corrected chi connectivity index (χ0v) is 17.8. The van der Waals surface area contributed by atoms with E-state index in [1.54, 1.807) is 18.4 Å². The number of hydrogen-bond donors (Lipinski definition) is 1. The van der Waals surface area contributed by atoms with Gasteiger partial charge in [-0.1, -0.05) is 19.1 Å². The predicted molar refractivity (Wildman–Crippen MR) is 117 cm³/mol. The highest BCUT2D eigenvalue weighted by atomic mass is 32.1. The van der Waals surface area contributed by atoms with E-state index in [2.05, 4.69) is 47.3 Å². The normalized spacial score (nSPS) is 19.5. The van der Waals surface area contributed by atoms with Gasteiger partial charge in [0.15, 0.2) is 5.84 Å². The smallest absolute Gasteiger partial charge is 0.158 e. The first-order chi connectivity index (χ1) is 13.7. The van der Waals surface area contributed by atoms with E-state index in [0.29, 0.717) is 6.04 Å². The van der Waals surface area contributed by atoms with Gasteiger partial charge in [-0.25, -0.2) is 9.98 Å². The topological polar surface area (TPSA) is 53.0 Å². The third kappa shape index (κ3) is 3.92. The van der Waals surface area contributed by atoms with Crippen molar-refractivity contribution in [3.63, 3.8) is 0 Å². The van der Waals surface area contributed by atoms with Crippen LogP contribution in [0.4, 0.5) is 16.4 Å². The number of aliphatic imine (C=N–C) groups is 1. The Kier molecular flexibility index (Phi) is 5.94. The molecule has 0 amide bonds. The lowest BCUT2D eigenvalue weighted by molar-refractivity contribution is 0.100. The largest absolute Gasteiger partial charge is 0.385 e. The van der Waals surface area contributed by atoms with Crippen LogP contribution in [0.15, 0.2) is 29.3 Å². The predicted octanol–water partition coefficient (Wildman–Crippen LogP) is 3.88. The lowest BCUT2D eigenvalue weighted by Gasteiger charge is -2.40. The zero-order chi connectivity index (χ0) is 19.5. The highest BCUT2D eigenvalue weighted by molar-refractivity contribution is 7.16. The van der Waals surface area contributed by atoms with Crippen LogP contribution in [0.5, 0.6) is 0 Å². The minimum atomic E-state index is 0.458. The van der Waals surface area contributed by atoms with Crippen molar-refractivity contribution in [1.29, 1.82) is 0 Å². The molecule has 0 aliphatic carbocycles. The fraction of sp³-hybridized carbons (Fsp3) is 0.524. The van der Waals surface area contributed by atoms with Crippen LogP contribution in [-0.2, 0) is 11.2 Å². The number of fused-ring (bicyclic) bond motifs is 2. The molecule has 2 aliphatic heterocycles. The molecule has 0 radical (unpaired) electrons. The van der Waals surface area contributed by atoms with Crippen LogP contribution in [0.3, 0.4) is 0 Å². The highest BCUT2D eigenvalue weighted by Gasteiger charge is 2.31. The molecule has 1 saturated heterocycles. The van der Waals surface area contributed by atoms with Crippen molar-refractivity contribution in [3.8, 4) is 0 Å². The SMILES string of the molecule is CCCc1nc2c(s1)Nc1ccccc1N=C2N1CCN(C)C(CCOC)C1. The van der Waals surface area contributed by atoms with Crippen LogP contribution in [0.2, 0.25) is 0 Å². The molecule has 3 heterocycles. The molecule has 150 valence electrons. The standard InChI is InChI=1S/C21H29N5OS/c1-4-7-18-24-19-20(26-12-11-25(2)15(14-26)10-13-27-3)22-16-8-5-6-9-17(16)23-21(19)28-18/h5-6,8-9,15,23H,4,7,10-14H2,1-3H3.